The van der Waals surface area contributed by atoms with E-state index in [1.165, 1.54) is 0 Å². The summed E-state index contributed by atoms with van der Waals surface area (Å²) in [4.78, 5) is 0. The molecule has 0 aromatic carbocycles. The molecule has 0 aliphatic heterocycles. The van der Waals surface area contributed by atoms with Crippen molar-refractivity contribution in [3.05, 3.63) is 21.9 Å². The van der Waals surface area contributed by atoms with Crippen molar-refractivity contribution in [1.82, 2.24) is 10.2 Å². The van der Waals surface area contributed by atoms with Gasteiger partial charge >= 0.3 is 0 Å². The lowest BCUT2D eigenvalue weighted by Crippen LogP contribution is -2.16. The molecule has 0 fully saturated rings. The zero-order valence-corrected chi connectivity index (χ0v) is 8.36. The highest BCUT2D eigenvalue weighted by atomic mass is 35.5. The number of rotatable bonds is 3. The van der Waals surface area contributed by atoms with Crippen molar-refractivity contribution in [3.8, 4) is 0 Å². The Morgan fingerprint density at radius 1 is 1.36 bits per heavy atom. The number of hydrogen-bond acceptors (Lipinski definition) is 3. The normalized spacial score (nSPS) is 11.8. The highest BCUT2D eigenvalue weighted by molar-refractivity contribution is 6.31. The quantitative estimate of drug-likeness (QED) is 0.885. The summed E-state index contributed by atoms with van der Waals surface area (Å²) < 4.78 is 26.5. The van der Waals surface area contributed by atoms with Crippen LogP contribution in [0.2, 0.25) is 10.3 Å². The molecule has 1 aromatic heterocycles. The van der Waals surface area contributed by atoms with Gasteiger partial charge in [-0.2, -0.15) is 0 Å². The van der Waals surface area contributed by atoms with Crippen molar-refractivity contribution in [3.63, 3.8) is 0 Å². The molecule has 0 saturated heterocycles. The van der Waals surface area contributed by atoms with Crippen LogP contribution in [-0.4, -0.2) is 21.9 Å². The first-order valence-corrected chi connectivity index (χ1v) is 4.41. The Hall–Kier alpha value is -0.520. The van der Waals surface area contributed by atoms with Gasteiger partial charge in [0.2, 0.25) is 0 Å². The smallest absolute Gasteiger partial charge is 0.278 e. The fourth-order valence-electron chi connectivity index (χ4n) is 0.885. The Bertz CT molecular complexity index is 335. The minimum atomic E-state index is -3.24. The van der Waals surface area contributed by atoms with Crippen LogP contribution in [0.25, 0.3) is 0 Å². The lowest BCUT2D eigenvalue weighted by atomic mass is 10.1. The van der Waals surface area contributed by atoms with Gasteiger partial charge in [0.1, 0.15) is 0 Å². The maximum Gasteiger partial charge on any atom is 0.278 e. The van der Waals surface area contributed by atoms with Crippen LogP contribution < -0.4 is 0 Å². The first-order valence-electron chi connectivity index (χ1n) is 3.65. The Morgan fingerprint density at radius 2 is 2.00 bits per heavy atom. The average molecular weight is 243 g/mol. The zero-order chi connectivity index (χ0) is 10.8. The highest BCUT2D eigenvalue weighted by Gasteiger charge is 2.34. The van der Waals surface area contributed by atoms with Crippen LogP contribution in [0.1, 0.15) is 12.0 Å². The third kappa shape index (κ3) is 2.50. The molecule has 78 valence electrons. The van der Waals surface area contributed by atoms with Gasteiger partial charge in [-0.05, 0) is 6.07 Å². The van der Waals surface area contributed by atoms with Gasteiger partial charge in [-0.3, -0.25) is 0 Å². The molecule has 0 unspecified atom stereocenters. The fraction of sp³-hybridized carbons (Fsp3) is 0.429. The van der Waals surface area contributed by atoms with Crippen molar-refractivity contribution in [2.24, 2.45) is 0 Å². The van der Waals surface area contributed by atoms with Gasteiger partial charge < -0.3 is 5.11 Å². The Kier molecular flexibility index (Phi) is 3.58. The molecule has 0 atom stereocenters. The molecule has 1 N–H and O–H groups in total. The first kappa shape index (κ1) is 11.6. The standard InChI is InChI=1S/C7H6Cl2F2N2O/c8-5-3-4(6(9)13-12-5)7(10,11)1-2-14/h3,14H,1-2H2. The summed E-state index contributed by atoms with van der Waals surface area (Å²) >= 11 is 10.8. The third-order valence-electron chi connectivity index (χ3n) is 1.54. The third-order valence-corrected chi connectivity index (χ3v) is 2.00. The van der Waals surface area contributed by atoms with E-state index < -0.39 is 29.7 Å². The molecule has 1 heterocycles. The fourth-order valence-corrected chi connectivity index (χ4v) is 1.26. The summed E-state index contributed by atoms with van der Waals surface area (Å²) in [6.45, 7) is -0.650. The van der Waals surface area contributed by atoms with Crippen LogP contribution in [0.4, 0.5) is 8.78 Å². The van der Waals surface area contributed by atoms with Crippen LogP contribution in [0.5, 0.6) is 0 Å². The predicted octanol–water partition coefficient (Wildman–Crippen LogP) is 2.26. The summed E-state index contributed by atoms with van der Waals surface area (Å²) in [5.74, 6) is -3.24. The summed E-state index contributed by atoms with van der Waals surface area (Å²) in [6.07, 6.45) is -0.727. The van der Waals surface area contributed by atoms with Crippen LogP contribution in [0, 0.1) is 0 Å². The molecule has 14 heavy (non-hydrogen) atoms. The van der Waals surface area contributed by atoms with E-state index in [1.54, 1.807) is 0 Å². The van der Waals surface area contributed by atoms with Crippen molar-refractivity contribution >= 4 is 23.2 Å². The number of alkyl halides is 2. The minimum absolute atomic E-state index is 0.165. The van der Waals surface area contributed by atoms with Crippen molar-refractivity contribution in [2.75, 3.05) is 6.61 Å². The molecular formula is C7H6Cl2F2N2O. The van der Waals surface area contributed by atoms with Gasteiger partial charge in [-0.15, -0.1) is 10.2 Å². The van der Waals surface area contributed by atoms with Crippen LogP contribution in [0.15, 0.2) is 6.07 Å². The van der Waals surface area contributed by atoms with E-state index in [0.717, 1.165) is 6.07 Å². The second kappa shape index (κ2) is 4.33. The molecule has 0 saturated carbocycles. The largest absolute Gasteiger partial charge is 0.396 e. The van der Waals surface area contributed by atoms with E-state index in [2.05, 4.69) is 10.2 Å². The monoisotopic (exact) mass is 242 g/mol. The molecule has 3 nitrogen and oxygen atoms in total. The average Bonchev–Trinajstić information content (AvgIpc) is 2.09. The van der Waals surface area contributed by atoms with Gasteiger partial charge in [0.15, 0.2) is 10.3 Å². The molecular weight excluding hydrogens is 237 g/mol. The van der Waals surface area contributed by atoms with Gasteiger partial charge in [-0.25, -0.2) is 8.78 Å². The number of aliphatic hydroxyl groups excluding tert-OH is 1. The maximum atomic E-state index is 13.2. The van der Waals surface area contributed by atoms with E-state index in [4.69, 9.17) is 28.3 Å². The van der Waals surface area contributed by atoms with E-state index in [1.807, 2.05) is 0 Å². The number of aliphatic hydroxyl groups is 1. The summed E-state index contributed by atoms with van der Waals surface area (Å²) in [5.41, 5.74) is -0.520. The second-order valence-electron chi connectivity index (χ2n) is 2.55. The van der Waals surface area contributed by atoms with E-state index in [-0.39, 0.29) is 5.15 Å². The van der Waals surface area contributed by atoms with Crippen molar-refractivity contribution in [2.45, 2.75) is 12.3 Å². The lowest BCUT2D eigenvalue weighted by molar-refractivity contribution is -0.0272. The molecule has 1 rings (SSSR count). The second-order valence-corrected chi connectivity index (χ2v) is 3.29. The van der Waals surface area contributed by atoms with Crippen LogP contribution in [-0.2, 0) is 5.92 Å². The topological polar surface area (TPSA) is 46.0 Å². The van der Waals surface area contributed by atoms with Crippen molar-refractivity contribution in [1.29, 1.82) is 0 Å². The zero-order valence-electron chi connectivity index (χ0n) is 6.85. The van der Waals surface area contributed by atoms with Gasteiger partial charge in [0, 0.05) is 13.0 Å². The van der Waals surface area contributed by atoms with Crippen LogP contribution in [0.3, 0.4) is 0 Å². The lowest BCUT2D eigenvalue weighted by Gasteiger charge is -2.15. The molecule has 0 aliphatic rings. The van der Waals surface area contributed by atoms with Gasteiger partial charge in [-0.1, -0.05) is 23.2 Å². The van der Waals surface area contributed by atoms with E-state index in [9.17, 15) is 8.78 Å². The maximum absolute atomic E-state index is 13.2. The van der Waals surface area contributed by atoms with Gasteiger partial charge in [0.25, 0.3) is 5.92 Å². The van der Waals surface area contributed by atoms with Crippen LogP contribution >= 0.6 is 23.2 Å². The Balaban J connectivity index is 3.10. The molecule has 0 amide bonds. The molecule has 0 aliphatic carbocycles. The molecule has 0 radical (unpaired) electrons. The first-order chi connectivity index (χ1) is 6.47. The predicted molar refractivity (Wildman–Crippen MR) is 47.6 cm³/mol. The SMILES string of the molecule is OCCC(F)(F)c1cc(Cl)nnc1Cl. The number of hydrogen-bond donors (Lipinski definition) is 1. The highest BCUT2D eigenvalue weighted by Crippen LogP contribution is 2.35. The summed E-state index contributed by atoms with van der Waals surface area (Å²) in [6, 6.07) is 0.937. The van der Waals surface area contributed by atoms with E-state index in [0.29, 0.717) is 0 Å². The molecule has 0 spiro atoms. The molecule has 7 heteroatoms. The van der Waals surface area contributed by atoms with Crippen molar-refractivity contribution < 1.29 is 13.9 Å². The van der Waals surface area contributed by atoms with E-state index >= 15 is 0 Å². The Morgan fingerprint density at radius 3 is 2.57 bits per heavy atom. The number of nitrogens with zero attached hydrogens (tertiary/aromatic N) is 2. The van der Waals surface area contributed by atoms with Gasteiger partial charge in [0.05, 0.1) is 5.56 Å². The summed E-state index contributed by atoms with van der Waals surface area (Å²) in [5, 5.41) is 14.4. The Labute approximate surface area is 88.7 Å². The minimum Gasteiger partial charge on any atom is -0.396 e. The summed E-state index contributed by atoms with van der Waals surface area (Å²) in [7, 11) is 0. The number of halogens is 4. The molecule has 0 bridgehead atoms. The molecule has 1 aromatic rings. The number of aromatic nitrogens is 2.